The third kappa shape index (κ3) is 4.21. The van der Waals surface area contributed by atoms with Gasteiger partial charge in [0.25, 0.3) is 5.91 Å². The average molecular weight is 288 g/mol. The first-order valence-electron chi connectivity index (χ1n) is 6.55. The first-order valence-corrected chi connectivity index (χ1v) is 6.55. The summed E-state index contributed by atoms with van der Waals surface area (Å²) < 4.78 is 18.8. The van der Waals surface area contributed by atoms with Gasteiger partial charge in [-0.15, -0.1) is 0 Å². The maximum absolute atomic E-state index is 13.4. The topological polar surface area (TPSA) is 64.3 Å². The Labute approximate surface area is 122 Å². The van der Waals surface area contributed by atoms with Crippen LogP contribution in [0.4, 0.5) is 10.1 Å². The maximum atomic E-state index is 13.4. The van der Waals surface area contributed by atoms with Gasteiger partial charge < -0.3 is 15.8 Å². The largest absolute Gasteiger partial charge is 0.484 e. The van der Waals surface area contributed by atoms with Crippen molar-refractivity contribution in [2.24, 2.45) is 0 Å². The summed E-state index contributed by atoms with van der Waals surface area (Å²) in [6.45, 7) is 1.86. The summed E-state index contributed by atoms with van der Waals surface area (Å²) in [6.07, 6.45) is 0. The van der Waals surface area contributed by atoms with E-state index in [1.54, 1.807) is 36.4 Å². The Morgan fingerprint density at radius 3 is 2.76 bits per heavy atom. The van der Waals surface area contributed by atoms with Crippen LogP contribution >= 0.6 is 0 Å². The van der Waals surface area contributed by atoms with Crippen LogP contribution in [0.15, 0.2) is 42.5 Å². The minimum atomic E-state index is -0.340. The molecule has 0 bridgehead atoms. The van der Waals surface area contributed by atoms with E-state index in [4.69, 9.17) is 10.5 Å². The number of nitrogen functional groups attached to an aromatic ring is 1. The number of halogens is 1. The Balaban J connectivity index is 1.84. The Hall–Kier alpha value is -2.56. The van der Waals surface area contributed by atoms with Crippen LogP contribution in [0.2, 0.25) is 0 Å². The zero-order valence-electron chi connectivity index (χ0n) is 11.7. The second kappa shape index (κ2) is 6.74. The normalized spacial score (nSPS) is 10.2. The summed E-state index contributed by atoms with van der Waals surface area (Å²) in [6, 6.07) is 11.5. The van der Waals surface area contributed by atoms with E-state index in [9.17, 15) is 9.18 Å². The number of carbonyl (C=O) groups excluding carboxylic acids is 1. The van der Waals surface area contributed by atoms with Gasteiger partial charge in [-0.2, -0.15) is 0 Å². The first-order chi connectivity index (χ1) is 10.1. The molecule has 21 heavy (non-hydrogen) atoms. The Morgan fingerprint density at radius 2 is 2.05 bits per heavy atom. The van der Waals surface area contributed by atoms with E-state index in [0.29, 0.717) is 17.0 Å². The van der Waals surface area contributed by atoms with Gasteiger partial charge in [0.1, 0.15) is 11.6 Å². The molecule has 110 valence electrons. The highest BCUT2D eigenvalue weighted by molar-refractivity contribution is 5.77. The summed E-state index contributed by atoms with van der Waals surface area (Å²) >= 11 is 0. The van der Waals surface area contributed by atoms with Gasteiger partial charge in [0.05, 0.1) is 0 Å². The standard InChI is InChI=1S/C16H17FN2O2/c1-11-8-13(18)6-7-15(11)21-10-16(20)19-9-12-4-2-3-5-14(12)17/h2-8H,9-10,18H2,1H3,(H,19,20). The molecule has 2 aromatic carbocycles. The van der Waals surface area contributed by atoms with Crippen LogP contribution in [0.1, 0.15) is 11.1 Å². The molecule has 0 unspecified atom stereocenters. The fourth-order valence-corrected chi connectivity index (χ4v) is 1.86. The summed E-state index contributed by atoms with van der Waals surface area (Å²) in [4.78, 5) is 11.7. The molecule has 0 heterocycles. The molecule has 0 aliphatic carbocycles. The number of benzene rings is 2. The van der Waals surface area contributed by atoms with E-state index in [0.717, 1.165) is 5.56 Å². The van der Waals surface area contributed by atoms with Gasteiger partial charge in [0.15, 0.2) is 6.61 Å². The highest BCUT2D eigenvalue weighted by atomic mass is 19.1. The molecule has 0 atom stereocenters. The number of aryl methyl sites for hydroxylation is 1. The zero-order valence-corrected chi connectivity index (χ0v) is 11.7. The fourth-order valence-electron chi connectivity index (χ4n) is 1.86. The Kier molecular flexibility index (Phi) is 4.77. The molecule has 0 radical (unpaired) electrons. The molecule has 5 heteroatoms. The second-order valence-electron chi connectivity index (χ2n) is 4.68. The first kappa shape index (κ1) is 14.8. The van der Waals surface area contributed by atoms with Crippen LogP contribution in [-0.2, 0) is 11.3 Å². The van der Waals surface area contributed by atoms with Crippen molar-refractivity contribution in [1.29, 1.82) is 0 Å². The van der Waals surface area contributed by atoms with Crippen LogP contribution in [0.5, 0.6) is 5.75 Å². The van der Waals surface area contributed by atoms with Gasteiger partial charge in [0.2, 0.25) is 0 Å². The third-order valence-corrected chi connectivity index (χ3v) is 2.99. The summed E-state index contributed by atoms with van der Waals surface area (Å²) in [5.41, 5.74) is 7.58. The average Bonchev–Trinajstić information content (AvgIpc) is 2.45. The maximum Gasteiger partial charge on any atom is 0.258 e. The molecule has 0 aromatic heterocycles. The van der Waals surface area contributed by atoms with Gasteiger partial charge in [-0.3, -0.25) is 4.79 Å². The summed E-state index contributed by atoms with van der Waals surface area (Å²) in [7, 11) is 0. The molecule has 3 N–H and O–H groups in total. The lowest BCUT2D eigenvalue weighted by atomic mass is 10.2. The molecular formula is C16H17FN2O2. The lowest BCUT2D eigenvalue weighted by molar-refractivity contribution is -0.123. The second-order valence-corrected chi connectivity index (χ2v) is 4.68. The van der Waals surface area contributed by atoms with Crippen molar-refractivity contribution < 1.29 is 13.9 Å². The van der Waals surface area contributed by atoms with Crippen LogP contribution in [0.25, 0.3) is 0 Å². The number of hydrogen-bond acceptors (Lipinski definition) is 3. The summed E-state index contributed by atoms with van der Waals surface area (Å²) in [5, 5.41) is 2.61. The van der Waals surface area contributed by atoms with Crippen LogP contribution in [0.3, 0.4) is 0 Å². The van der Waals surface area contributed by atoms with Crippen molar-refractivity contribution in [3.63, 3.8) is 0 Å². The monoisotopic (exact) mass is 288 g/mol. The van der Waals surface area contributed by atoms with Gasteiger partial charge in [0, 0.05) is 17.8 Å². The van der Waals surface area contributed by atoms with Crippen LogP contribution < -0.4 is 15.8 Å². The number of amides is 1. The molecule has 0 aliphatic heterocycles. The molecule has 0 spiro atoms. The summed E-state index contributed by atoms with van der Waals surface area (Å²) in [5.74, 6) is -0.0483. The number of anilines is 1. The molecule has 1 amide bonds. The number of nitrogens with one attached hydrogen (secondary N) is 1. The van der Waals surface area contributed by atoms with Crippen molar-refractivity contribution in [2.45, 2.75) is 13.5 Å². The molecule has 0 fully saturated rings. The molecule has 2 rings (SSSR count). The lowest BCUT2D eigenvalue weighted by Gasteiger charge is -2.10. The molecule has 2 aromatic rings. The number of nitrogens with two attached hydrogens (primary N) is 1. The predicted molar refractivity (Wildman–Crippen MR) is 79.3 cm³/mol. The highest BCUT2D eigenvalue weighted by Gasteiger charge is 2.06. The number of ether oxygens (including phenoxy) is 1. The van der Waals surface area contributed by atoms with Gasteiger partial charge in [-0.1, -0.05) is 18.2 Å². The van der Waals surface area contributed by atoms with Gasteiger partial charge in [-0.25, -0.2) is 4.39 Å². The van der Waals surface area contributed by atoms with Gasteiger partial charge in [-0.05, 0) is 36.8 Å². The molecular weight excluding hydrogens is 271 g/mol. The van der Waals surface area contributed by atoms with Crippen molar-refractivity contribution in [3.8, 4) is 5.75 Å². The number of hydrogen-bond donors (Lipinski definition) is 2. The predicted octanol–water partition coefficient (Wildman–Crippen LogP) is 2.41. The molecule has 0 aliphatic rings. The minimum absolute atomic E-state index is 0.126. The van der Waals surface area contributed by atoms with Crippen molar-refractivity contribution in [3.05, 3.63) is 59.4 Å². The zero-order chi connectivity index (χ0) is 15.2. The smallest absolute Gasteiger partial charge is 0.258 e. The number of carbonyl (C=O) groups is 1. The van der Waals surface area contributed by atoms with E-state index in [1.165, 1.54) is 6.07 Å². The van der Waals surface area contributed by atoms with E-state index >= 15 is 0 Å². The SMILES string of the molecule is Cc1cc(N)ccc1OCC(=O)NCc1ccccc1F. The van der Waals surface area contributed by atoms with Crippen LogP contribution in [-0.4, -0.2) is 12.5 Å². The lowest BCUT2D eigenvalue weighted by Crippen LogP contribution is -2.28. The van der Waals surface area contributed by atoms with E-state index in [-0.39, 0.29) is 24.9 Å². The molecule has 0 saturated carbocycles. The molecule has 4 nitrogen and oxygen atoms in total. The Morgan fingerprint density at radius 1 is 1.29 bits per heavy atom. The van der Waals surface area contributed by atoms with Gasteiger partial charge >= 0.3 is 0 Å². The van der Waals surface area contributed by atoms with E-state index in [1.807, 2.05) is 6.92 Å². The highest BCUT2D eigenvalue weighted by Crippen LogP contribution is 2.19. The van der Waals surface area contributed by atoms with Crippen LogP contribution in [0, 0.1) is 12.7 Å². The number of rotatable bonds is 5. The molecule has 0 saturated heterocycles. The van der Waals surface area contributed by atoms with Crippen molar-refractivity contribution >= 4 is 11.6 Å². The third-order valence-electron chi connectivity index (χ3n) is 2.99. The minimum Gasteiger partial charge on any atom is -0.484 e. The Bertz CT molecular complexity index is 644. The fraction of sp³-hybridized carbons (Fsp3) is 0.188. The van der Waals surface area contributed by atoms with Crippen molar-refractivity contribution in [1.82, 2.24) is 5.32 Å². The van der Waals surface area contributed by atoms with E-state index in [2.05, 4.69) is 5.32 Å². The van der Waals surface area contributed by atoms with E-state index < -0.39 is 0 Å². The van der Waals surface area contributed by atoms with Crippen molar-refractivity contribution in [2.75, 3.05) is 12.3 Å². The quantitative estimate of drug-likeness (QED) is 0.830.